The summed E-state index contributed by atoms with van der Waals surface area (Å²) in [4.78, 5) is 0. The second-order valence-electron chi connectivity index (χ2n) is 6.36. The van der Waals surface area contributed by atoms with Crippen LogP contribution in [0.2, 0.25) is 0 Å². The summed E-state index contributed by atoms with van der Waals surface area (Å²) in [7, 11) is 0. The van der Waals surface area contributed by atoms with E-state index in [-0.39, 0.29) is 30.6 Å². The maximum Gasteiger partial charge on any atom is 0.417 e. The van der Waals surface area contributed by atoms with E-state index in [1.165, 1.54) is 24.3 Å². The second-order valence-corrected chi connectivity index (χ2v) is 6.36. The molecule has 30 heavy (non-hydrogen) atoms. The highest BCUT2D eigenvalue weighted by Gasteiger charge is 2.35. The summed E-state index contributed by atoms with van der Waals surface area (Å²) >= 11 is 0. The van der Waals surface area contributed by atoms with E-state index in [0.717, 1.165) is 12.1 Å². The van der Waals surface area contributed by atoms with Crippen LogP contribution in [0.1, 0.15) is 29.2 Å². The molecule has 10 heteroatoms. The van der Waals surface area contributed by atoms with Crippen molar-refractivity contribution in [2.45, 2.75) is 19.3 Å². The second kappa shape index (κ2) is 8.95. The van der Waals surface area contributed by atoms with E-state index >= 15 is 0 Å². The molecule has 2 rings (SSSR count). The third kappa shape index (κ3) is 5.80. The fourth-order valence-corrected chi connectivity index (χ4v) is 2.42. The van der Waals surface area contributed by atoms with Gasteiger partial charge >= 0.3 is 12.4 Å². The van der Waals surface area contributed by atoms with Crippen LogP contribution in [-0.2, 0) is 12.4 Å². The number of alkyl halides is 6. The van der Waals surface area contributed by atoms with Gasteiger partial charge in [0.05, 0.1) is 47.6 Å². The van der Waals surface area contributed by atoms with E-state index in [4.69, 9.17) is 20.0 Å². The molecule has 158 valence electrons. The van der Waals surface area contributed by atoms with Crippen molar-refractivity contribution >= 4 is 0 Å². The van der Waals surface area contributed by atoms with Crippen molar-refractivity contribution in [3.8, 4) is 23.6 Å². The van der Waals surface area contributed by atoms with Crippen molar-refractivity contribution in [1.82, 2.24) is 0 Å². The Balaban J connectivity index is 2.01. The SMILES string of the molecule is CC(COc1ccc(C#N)c(C(F)(F)F)c1)COc1ccc(C#N)c(C(F)(F)F)c1. The number of hydrogen-bond acceptors (Lipinski definition) is 4. The molecule has 0 unspecified atom stereocenters. The quantitative estimate of drug-likeness (QED) is 0.565. The Kier molecular flexibility index (Phi) is 6.83. The Hall–Kier alpha value is -3.40. The topological polar surface area (TPSA) is 66.0 Å². The molecule has 0 aliphatic heterocycles. The zero-order valence-corrected chi connectivity index (χ0v) is 15.4. The fraction of sp³-hybridized carbons (Fsp3) is 0.300. The molecule has 0 saturated heterocycles. The molecule has 2 aromatic carbocycles. The largest absolute Gasteiger partial charge is 0.493 e. The standard InChI is InChI=1S/C20H14F6N2O2/c1-12(10-29-15-4-2-13(8-27)17(6-15)19(21,22)23)11-30-16-5-3-14(9-28)18(7-16)20(24,25)26/h2-7,12H,10-11H2,1H3. The summed E-state index contributed by atoms with van der Waals surface area (Å²) in [5, 5.41) is 17.6. The first-order valence-corrected chi connectivity index (χ1v) is 8.44. The van der Waals surface area contributed by atoms with E-state index in [1.807, 2.05) is 0 Å². The van der Waals surface area contributed by atoms with Crippen LogP contribution in [-0.4, -0.2) is 13.2 Å². The van der Waals surface area contributed by atoms with Crippen molar-refractivity contribution in [3.63, 3.8) is 0 Å². The molecule has 0 bridgehead atoms. The van der Waals surface area contributed by atoms with Crippen molar-refractivity contribution in [2.75, 3.05) is 13.2 Å². The molecule has 0 fully saturated rings. The molecule has 0 N–H and O–H groups in total. The Morgan fingerprint density at radius 3 is 1.43 bits per heavy atom. The highest BCUT2D eigenvalue weighted by atomic mass is 19.4. The average molecular weight is 428 g/mol. The van der Waals surface area contributed by atoms with Gasteiger partial charge in [0.1, 0.15) is 11.5 Å². The minimum absolute atomic E-state index is 0.0778. The average Bonchev–Trinajstić information content (AvgIpc) is 2.68. The van der Waals surface area contributed by atoms with E-state index in [9.17, 15) is 26.3 Å². The third-order valence-corrected chi connectivity index (χ3v) is 3.90. The van der Waals surface area contributed by atoms with Crippen molar-refractivity contribution in [3.05, 3.63) is 58.7 Å². The smallest absolute Gasteiger partial charge is 0.417 e. The van der Waals surface area contributed by atoms with Crippen LogP contribution >= 0.6 is 0 Å². The first-order valence-electron chi connectivity index (χ1n) is 8.44. The van der Waals surface area contributed by atoms with Crippen LogP contribution in [0.3, 0.4) is 0 Å². The molecular weight excluding hydrogens is 414 g/mol. The predicted molar refractivity (Wildman–Crippen MR) is 92.5 cm³/mol. The molecule has 0 aliphatic carbocycles. The van der Waals surface area contributed by atoms with Crippen molar-refractivity contribution in [1.29, 1.82) is 10.5 Å². The number of benzene rings is 2. The number of ether oxygens (including phenoxy) is 2. The van der Waals surface area contributed by atoms with Crippen LogP contribution in [0.15, 0.2) is 36.4 Å². The number of nitriles is 2. The van der Waals surface area contributed by atoms with Gasteiger partial charge in [0.15, 0.2) is 0 Å². The van der Waals surface area contributed by atoms with Gasteiger partial charge in [-0.15, -0.1) is 0 Å². The summed E-state index contributed by atoms with van der Waals surface area (Å²) in [6.07, 6.45) is -9.43. The van der Waals surface area contributed by atoms with Gasteiger partial charge in [-0.25, -0.2) is 0 Å². The molecule has 0 aliphatic rings. The highest BCUT2D eigenvalue weighted by Crippen LogP contribution is 2.35. The lowest BCUT2D eigenvalue weighted by Gasteiger charge is -2.17. The van der Waals surface area contributed by atoms with Gasteiger partial charge in [-0.3, -0.25) is 0 Å². The zero-order valence-electron chi connectivity index (χ0n) is 15.4. The van der Waals surface area contributed by atoms with Gasteiger partial charge in [0, 0.05) is 5.92 Å². The van der Waals surface area contributed by atoms with Crippen LogP contribution in [0, 0.1) is 28.6 Å². The number of halogens is 6. The molecular formula is C20H14F6N2O2. The van der Waals surface area contributed by atoms with Crippen LogP contribution in [0.25, 0.3) is 0 Å². The van der Waals surface area contributed by atoms with E-state index in [2.05, 4.69) is 0 Å². The Morgan fingerprint density at radius 1 is 0.767 bits per heavy atom. The molecule has 2 aromatic rings. The van der Waals surface area contributed by atoms with Gasteiger partial charge in [0.2, 0.25) is 0 Å². The van der Waals surface area contributed by atoms with Crippen LogP contribution in [0.4, 0.5) is 26.3 Å². The van der Waals surface area contributed by atoms with E-state index < -0.39 is 34.6 Å². The lowest BCUT2D eigenvalue weighted by atomic mass is 10.1. The van der Waals surface area contributed by atoms with Gasteiger partial charge in [0.25, 0.3) is 0 Å². The van der Waals surface area contributed by atoms with Gasteiger partial charge in [-0.05, 0) is 36.4 Å². The van der Waals surface area contributed by atoms with E-state index in [1.54, 1.807) is 6.92 Å². The predicted octanol–water partition coefficient (Wildman–Crippen LogP) is 5.56. The summed E-state index contributed by atoms with van der Waals surface area (Å²) in [5.74, 6) is -0.600. The molecule has 0 aromatic heterocycles. The molecule has 0 radical (unpaired) electrons. The summed E-state index contributed by atoms with van der Waals surface area (Å²) in [6, 6.07) is 8.77. The normalized spacial score (nSPS) is 11.7. The van der Waals surface area contributed by atoms with Crippen molar-refractivity contribution in [2.24, 2.45) is 5.92 Å². The Labute approximate surface area is 167 Å². The molecule has 0 spiro atoms. The lowest BCUT2D eigenvalue weighted by Crippen LogP contribution is -2.17. The minimum Gasteiger partial charge on any atom is -0.493 e. The van der Waals surface area contributed by atoms with Gasteiger partial charge in [-0.1, -0.05) is 6.92 Å². The maximum absolute atomic E-state index is 13.0. The fourth-order valence-electron chi connectivity index (χ4n) is 2.42. The first kappa shape index (κ1) is 22.9. The molecule has 0 saturated carbocycles. The molecule has 0 atom stereocenters. The van der Waals surface area contributed by atoms with Gasteiger partial charge < -0.3 is 9.47 Å². The number of hydrogen-bond donors (Lipinski definition) is 0. The molecule has 0 heterocycles. The Bertz CT molecular complexity index is 907. The molecule has 0 amide bonds. The van der Waals surface area contributed by atoms with Crippen molar-refractivity contribution < 1.29 is 35.8 Å². The van der Waals surface area contributed by atoms with Gasteiger partial charge in [-0.2, -0.15) is 36.9 Å². The van der Waals surface area contributed by atoms with E-state index in [0.29, 0.717) is 12.1 Å². The minimum atomic E-state index is -4.72. The third-order valence-electron chi connectivity index (χ3n) is 3.90. The lowest BCUT2D eigenvalue weighted by molar-refractivity contribution is -0.138. The zero-order chi connectivity index (χ0) is 22.5. The molecule has 4 nitrogen and oxygen atoms in total. The summed E-state index contributed by atoms with van der Waals surface area (Å²) in [6.45, 7) is 1.47. The summed E-state index contributed by atoms with van der Waals surface area (Å²) in [5.41, 5.74) is -3.31. The first-order chi connectivity index (χ1) is 14.0. The monoisotopic (exact) mass is 428 g/mol. The number of nitrogens with zero attached hydrogens (tertiary/aromatic N) is 2. The summed E-state index contributed by atoms with van der Waals surface area (Å²) < 4.78 is 88.4. The van der Waals surface area contributed by atoms with Crippen LogP contribution in [0.5, 0.6) is 11.5 Å². The van der Waals surface area contributed by atoms with Crippen LogP contribution < -0.4 is 9.47 Å². The maximum atomic E-state index is 13.0. The number of rotatable bonds is 6. The highest BCUT2D eigenvalue weighted by molar-refractivity contribution is 5.45. The Morgan fingerprint density at radius 2 is 1.13 bits per heavy atom.